The lowest BCUT2D eigenvalue weighted by molar-refractivity contribution is 0.467. The third-order valence-corrected chi connectivity index (χ3v) is 6.47. The molecule has 5 nitrogen and oxygen atoms in total. The maximum Gasteiger partial charge on any atom is 0.179 e. The van der Waals surface area contributed by atoms with Crippen molar-refractivity contribution in [3.05, 3.63) is 59.1 Å². The molecule has 0 saturated heterocycles. The monoisotopic (exact) mass is 454 g/mol. The maximum absolute atomic E-state index is 12.1. The highest BCUT2D eigenvalue weighted by Gasteiger charge is 2.19. The van der Waals surface area contributed by atoms with Gasteiger partial charge in [-0.3, -0.25) is 0 Å². The van der Waals surface area contributed by atoms with Gasteiger partial charge in [-0.2, -0.15) is 0 Å². The molecule has 26 heavy (non-hydrogen) atoms. The van der Waals surface area contributed by atoms with Crippen LogP contribution >= 0.6 is 15.9 Å². The average Bonchev–Trinajstić information content (AvgIpc) is 2.53. The second-order valence-electron chi connectivity index (χ2n) is 5.91. The van der Waals surface area contributed by atoms with E-state index in [1.165, 1.54) is 12.1 Å². The van der Waals surface area contributed by atoms with Crippen LogP contribution in [0.3, 0.4) is 0 Å². The van der Waals surface area contributed by atoms with Crippen molar-refractivity contribution in [1.29, 1.82) is 0 Å². The van der Waals surface area contributed by atoms with Crippen molar-refractivity contribution >= 4 is 46.4 Å². The van der Waals surface area contributed by atoms with E-state index in [0.717, 1.165) is 33.8 Å². The number of hydrogen-bond acceptors (Lipinski definition) is 5. The Balaban J connectivity index is 2.08. The summed E-state index contributed by atoms with van der Waals surface area (Å²) in [5, 5.41) is 1.93. The first kappa shape index (κ1) is 18.9. The molecule has 0 aliphatic heterocycles. The maximum atomic E-state index is 12.1. The summed E-state index contributed by atoms with van der Waals surface area (Å²) in [5.74, 6) is 0.535. The van der Waals surface area contributed by atoms with Crippen molar-refractivity contribution in [2.75, 3.05) is 12.5 Å². The van der Waals surface area contributed by atoms with Crippen LogP contribution in [-0.2, 0) is 19.7 Å². The molecule has 3 aromatic rings. The Kier molecular flexibility index (Phi) is 4.85. The van der Waals surface area contributed by atoms with Crippen molar-refractivity contribution < 1.29 is 21.6 Å². The smallest absolute Gasteiger partial charge is 0.179 e. The van der Waals surface area contributed by atoms with Gasteiger partial charge < -0.3 is 4.74 Å². The molecule has 0 radical (unpaired) electrons. The Bertz CT molecular complexity index is 1220. The molecule has 0 saturated carbocycles. The van der Waals surface area contributed by atoms with Gasteiger partial charge in [0.2, 0.25) is 0 Å². The molecular formula is C18H15BrO5S2. The SMILES string of the molecule is CS(=O)(=O)c1ccc(Oc2ccc3cc(Br)ccc3c2)c(S(C)(=O)=O)c1. The number of ether oxygens (including phenoxy) is 1. The van der Waals surface area contributed by atoms with Gasteiger partial charge in [0.15, 0.2) is 19.7 Å². The van der Waals surface area contributed by atoms with E-state index in [9.17, 15) is 16.8 Å². The fourth-order valence-electron chi connectivity index (χ4n) is 2.48. The van der Waals surface area contributed by atoms with Gasteiger partial charge in [0.05, 0.1) is 4.90 Å². The number of hydrogen-bond donors (Lipinski definition) is 0. The molecule has 0 fully saturated rings. The Morgan fingerprint density at radius 1 is 0.769 bits per heavy atom. The van der Waals surface area contributed by atoms with E-state index in [0.29, 0.717) is 5.75 Å². The second-order valence-corrected chi connectivity index (χ2v) is 10.8. The Morgan fingerprint density at radius 3 is 2.08 bits per heavy atom. The molecule has 0 heterocycles. The van der Waals surface area contributed by atoms with Crippen LogP contribution in [0, 0.1) is 0 Å². The molecule has 0 unspecified atom stereocenters. The summed E-state index contributed by atoms with van der Waals surface area (Å²) in [4.78, 5) is -0.245. The van der Waals surface area contributed by atoms with Gasteiger partial charge in [-0.25, -0.2) is 16.8 Å². The summed E-state index contributed by atoms with van der Waals surface area (Å²) in [6.07, 6.45) is 2.04. The normalized spacial score (nSPS) is 12.3. The van der Waals surface area contributed by atoms with E-state index in [-0.39, 0.29) is 15.5 Å². The highest BCUT2D eigenvalue weighted by atomic mass is 79.9. The summed E-state index contributed by atoms with van der Waals surface area (Å²) in [6.45, 7) is 0. The van der Waals surface area contributed by atoms with E-state index in [1.54, 1.807) is 12.1 Å². The van der Waals surface area contributed by atoms with Gasteiger partial charge in [0.25, 0.3) is 0 Å². The van der Waals surface area contributed by atoms with E-state index in [4.69, 9.17) is 4.74 Å². The molecule has 3 aromatic carbocycles. The van der Waals surface area contributed by atoms with Crippen LogP contribution in [0.2, 0.25) is 0 Å². The van der Waals surface area contributed by atoms with Gasteiger partial charge in [0, 0.05) is 17.0 Å². The summed E-state index contributed by atoms with van der Waals surface area (Å²) in [7, 11) is -7.21. The third kappa shape index (κ3) is 4.08. The molecule has 3 rings (SSSR count). The minimum absolute atomic E-state index is 0.0753. The topological polar surface area (TPSA) is 77.5 Å². The molecule has 0 aromatic heterocycles. The second kappa shape index (κ2) is 6.68. The van der Waals surface area contributed by atoms with E-state index in [2.05, 4.69) is 15.9 Å². The zero-order valence-corrected chi connectivity index (χ0v) is 17.2. The number of sulfone groups is 2. The summed E-state index contributed by atoms with van der Waals surface area (Å²) < 4.78 is 54.3. The lowest BCUT2D eigenvalue weighted by Crippen LogP contribution is -2.04. The largest absolute Gasteiger partial charge is 0.456 e. The molecule has 0 spiro atoms. The molecular weight excluding hydrogens is 440 g/mol. The summed E-state index contributed by atoms with van der Waals surface area (Å²) >= 11 is 3.41. The van der Waals surface area contributed by atoms with Crippen LogP contribution in [0.5, 0.6) is 11.5 Å². The van der Waals surface area contributed by atoms with Crippen LogP contribution in [0.15, 0.2) is 68.9 Å². The fraction of sp³-hybridized carbons (Fsp3) is 0.111. The van der Waals surface area contributed by atoms with E-state index in [1.807, 2.05) is 24.3 Å². The van der Waals surface area contributed by atoms with Crippen LogP contribution in [0.1, 0.15) is 0 Å². The highest BCUT2D eigenvalue weighted by molar-refractivity contribution is 9.10. The lowest BCUT2D eigenvalue weighted by Gasteiger charge is -2.12. The first-order valence-electron chi connectivity index (χ1n) is 7.45. The number of halogens is 1. The number of benzene rings is 3. The van der Waals surface area contributed by atoms with Crippen LogP contribution in [0.25, 0.3) is 10.8 Å². The van der Waals surface area contributed by atoms with Crippen LogP contribution in [0.4, 0.5) is 0 Å². The predicted molar refractivity (Wildman–Crippen MR) is 104 cm³/mol. The summed E-state index contributed by atoms with van der Waals surface area (Å²) in [5.41, 5.74) is 0. The first-order chi connectivity index (χ1) is 12.0. The minimum atomic E-state index is -3.68. The van der Waals surface area contributed by atoms with Crippen LogP contribution < -0.4 is 4.74 Å². The van der Waals surface area contributed by atoms with Crippen molar-refractivity contribution in [3.63, 3.8) is 0 Å². The molecule has 0 aliphatic carbocycles. The molecule has 136 valence electrons. The molecule has 0 amide bonds. The first-order valence-corrected chi connectivity index (χ1v) is 12.0. The molecule has 0 N–H and O–H groups in total. The Hall–Kier alpha value is -1.90. The average molecular weight is 455 g/mol. The van der Waals surface area contributed by atoms with Gasteiger partial charge >= 0.3 is 0 Å². The predicted octanol–water partition coefficient (Wildman–Crippen LogP) is 4.20. The number of rotatable bonds is 4. The molecule has 8 heteroatoms. The van der Waals surface area contributed by atoms with Gasteiger partial charge in [-0.05, 0) is 53.2 Å². The van der Waals surface area contributed by atoms with Gasteiger partial charge in [-0.15, -0.1) is 0 Å². The van der Waals surface area contributed by atoms with Crippen molar-refractivity contribution in [2.45, 2.75) is 9.79 Å². The third-order valence-electron chi connectivity index (χ3n) is 3.74. The molecule has 0 aliphatic rings. The minimum Gasteiger partial charge on any atom is -0.456 e. The zero-order valence-electron chi connectivity index (χ0n) is 13.9. The Morgan fingerprint density at radius 2 is 1.42 bits per heavy atom. The molecule has 0 bridgehead atoms. The fourth-order valence-corrected chi connectivity index (χ4v) is 4.40. The standard InChI is InChI=1S/C18H15BrO5S2/c1-25(20,21)16-7-8-17(18(11-16)26(2,22)23)24-15-6-4-12-9-14(19)5-3-13(12)10-15/h3-11H,1-2H3. The van der Waals surface area contributed by atoms with Gasteiger partial charge in [-0.1, -0.05) is 28.1 Å². The Labute approximate surface area is 160 Å². The van der Waals surface area contributed by atoms with Crippen molar-refractivity contribution in [1.82, 2.24) is 0 Å². The van der Waals surface area contributed by atoms with E-state index < -0.39 is 19.7 Å². The summed E-state index contributed by atoms with van der Waals surface area (Å²) in [6, 6.07) is 15.0. The van der Waals surface area contributed by atoms with Crippen LogP contribution in [-0.4, -0.2) is 29.3 Å². The quantitative estimate of drug-likeness (QED) is 0.589. The van der Waals surface area contributed by atoms with E-state index >= 15 is 0 Å². The zero-order chi connectivity index (χ0) is 19.1. The van der Waals surface area contributed by atoms with Gasteiger partial charge in [0.1, 0.15) is 16.4 Å². The van der Waals surface area contributed by atoms with Crippen molar-refractivity contribution in [3.8, 4) is 11.5 Å². The lowest BCUT2D eigenvalue weighted by atomic mass is 10.1. The molecule has 0 atom stereocenters. The highest BCUT2D eigenvalue weighted by Crippen LogP contribution is 2.33. The van der Waals surface area contributed by atoms with Crippen molar-refractivity contribution in [2.24, 2.45) is 0 Å². The number of fused-ring (bicyclic) bond motifs is 1.